The number of hydrogen-bond acceptors (Lipinski definition) is 6. The lowest BCUT2D eigenvalue weighted by molar-refractivity contribution is -0.858. The van der Waals surface area contributed by atoms with Gasteiger partial charge in [-0.25, -0.2) is 0 Å². The highest BCUT2D eigenvalue weighted by Gasteiger charge is 2.44. The normalized spacial score (nSPS) is 18.0. The second-order valence-electron chi connectivity index (χ2n) is 7.64. The quantitative estimate of drug-likeness (QED) is 0.359. The van der Waals surface area contributed by atoms with E-state index in [4.69, 9.17) is 9.47 Å². The second kappa shape index (κ2) is 9.61. The van der Waals surface area contributed by atoms with Crippen molar-refractivity contribution in [1.82, 2.24) is 9.88 Å². The van der Waals surface area contributed by atoms with Crippen LogP contribution in [0.2, 0.25) is 0 Å². The first-order valence-electron chi connectivity index (χ1n) is 10.1. The zero-order chi connectivity index (χ0) is 22.5. The summed E-state index contributed by atoms with van der Waals surface area (Å²) in [6.45, 7) is 1.20. The van der Waals surface area contributed by atoms with E-state index in [0.29, 0.717) is 30.0 Å². The molecule has 1 aromatic heterocycles. The Morgan fingerprint density at radius 2 is 1.90 bits per heavy atom. The Kier molecular flexibility index (Phi) is 6.91. The summed E-state index contributed by atoms with van der Waals surface area (Å²) in [5.41, 5.74) is 0.812. The number of likely N-dealkylation sites (tertiary alicyclic amines) is 1. The van der Waals surface area contributed by atoms with Gasteiger partial charge in [0.1, 0.15) is 0 Å². The predicted octanol–water partition coefficient (Wildman–Crippen LogP) is -0.143. The molecule has 1 N–H and O–H groups in total. The van der Waals surface area contributed by atoms with E-state index in [-0.39, 0.29) is 11.1 Å². The summed E-state index contributed by atoms with van der Waals surface area (Å²) in [5.74, 6) is -1.10. The highest BCUT2D eigenvalue weighted by molar-refractivity contribution is 6.46. The smallest absolute Gasteiger partial charge is 0.295 e. The van der Waals surface area contributed by atoms with Crippen molar-refractivity contribution in [2.75, 3.05) is 41.4 Å². The summed E-state index contributed by atoms with van der Waals surface area (Å²) < 4.78 is 10.5. The number of nitrogens with one attached hydrogen (secondary N) is 1. The number of ether oxygens (including phenoxy) is 2. The Morgan fingerprint density at radius 3 is 2.52 bits per heavy atom. The number of carbonyl (C=O) groups excluding carboxylic acids is 2. The third kappa shape index (κ3) is 4.54. The number of ketones is 1. The van der Waals surface area contributed by atoms with Crippen molar-refractivity contribution in [2.24, 2.45) is 0 Å². The summed E-state index contributed by atoms with van der Waals surface area (Å²) >= 11 is 0. The Bertz CT molecular complexity index is 988. The molecule has 0 saturated carbocycles. The first-order chi connectivity index (χ1) is 14.9. The van der Waals surface area contributed by atoms with E-state index in [9.17, 15) is 14.7 Å². The van der Waals surface area contributed by atoms with Crippen LogP contribution in [0.3, 0.4) is 0 Å². The highest BCUT2D eigenvalue weighted by atomic mass is 16.5. The molecule has 1 aromatic carbocycles. The van der Waals surface area contributed by atoms with Crippen molar-refractivity contribution in [1.29, 1.82) is 0 Å². The van der Waals surface area contributed by atoms with E-state index in [0.717, 1.165) is 6.54 Å². The summed E-state index contributed by atoms with van der Waals surface area (Å²) in [5, 5.41) is 13.4. The second-order valence-corrected chi connectivity index (χ2v) is 7.64. The minimum absolute atomic E-state index is 0.0672. The van der Waals surface area contributed by atoms with E-state index in [1.807, 2.05) is 14.1 Å². The van der Waals surface area contributed by atoms with Crippen molar-refractivity contribution in [2.45, 2.75) is 12.5 Å². The lowest BCUT2D eigenvalue weighted by Crippen LogP contribution is -3.05. The van der Waals surface area contributed by atoms with E-state index < -0.39 is 23.5 Å². The molecule has 2 aromatic rings. The number of pyridine rings is 1. The first-order valence-corrected chi connectivity index (χ1v) is 10.1. The standard InChI is InChI=1S/C23H27N3O5/c1-25(2)11-6-12-26-20(16-7-5-10-24-14-16)19(22(28)23(26)29)21(27)15-8-9-17(30-3)18(13-15)31-4/h5,7-10,13-14,20,27H,6,11-12H2,1-4H3/b21-19+. The fourth-order valence-electron chi connectivity index (χ4n) is 3.72. The molecule has 2 heterocycles. The molecule has 1 amide bonds. The maximum Gasteiger partial charge on any atom is 0.295 e. The molecule has 31 heavy (non-hydrogen) atoms. The predicted molar refractivity (Wildman–Crippen MR) is 112 cm³/mol. The van der Waals surface area contributed by atoms with Gasteiger partial charge in [0, 0.05) is 30.9 Å². The molecule has 1 saturated heterocycles. The zero-order valence-corrected chi connectivity index (χ0v) is 18.2. The van der Waals surface area contributed by atoms with Crippen LogP contribution in [0.1, 0.15) is 23.6 Å². The molecule has 1 unspecified atom stereocenters. The molecule has 1 atom stereocenters. The molecule has 0 spiro atoms. The maximum absolute atomic E-state index is 13.4. The fraction of sp³-hybridized carbons (Fsp3) is 0.348. The molecule has 8 heteroatoms. The molecular formula is C23H27N3O5. The Hall–Kier alpha value is -3.39. The van der Waals surface area contributed by atoms with Crippen LogP contribution in [0.15, 0.2) is 48.3 Å². The minimum Gasteiger partial charge on any atom is -0.872 e. The zero-order valence-electron chi connectivity index (χ0n) is 18.2. The molecule has 0 aliphatic carbocycles. The van der Waals surface area contributed by atoms with Crippen LogP contribution in [0.5, 0.6) is 11.5 Å². The Morgan fingerprint density at radius 1 is 1.16 bits per heavy atom. The van der Waals surface area contributed by atoms with Gasteiger partial charge in [0.05, 0.1) is 40.9 Å². The van der Waals surface area contributed by atoms with Crippen LogP contribution in [0.4, 0.5) is 0 Å². The third-order valence-electron chi connectivity index (χ3n) is 5.25. The number of methoxy groups -OCH3 is 2. The SMILES string of the molecule is COc1ccc(/C([O-])=C2\C(=O)C(=O)N(CCC[NH+](C)C)C2c2cccnc2)cc1OC. The fourth-order valence-corrected chi connectivity index (χ4v) is 3.72. The molecule has 3 rings (SSSR count). The largest absolute Gasteiger partial charge is 0.872 e. The molecular weight excluding hydrogens is 398 g/mol. The highest BCUT2D eigenvalue weighted by Crippen LogP contribution is 2.39. The van der Waals surface area contributed by atoms with E-state index in [1.165, 1.54) is 30.1 Å². The van der Waals surface area contributed by atoms with Crippen molar-refractivity contribution >= 4 is 17.4 Å². The summed E-state index contributed by atoms with van der Waals surface area (Å²) in [7, 11) is 7.01. The lowest BCUT2D eigenvalue weighted by Gasteiger charge is -2.27. The van der Waals surface area contributed by atoms with Gasteiger partial charge in [0.2, 0.25) is 5.78 Å². The van der Waals surface area contributed by atoms with Crippen LogP contribution in [-0.2, 0) is 9.59 Å². The number of amides is 1. The Labute approximate surface area is 181 Å². The van der Waals surface area contributed by atoms with Crippen LogP contribution < -0.4 is 19.5 Å². The average Bonchev–Trinajstić information content (AvgIpc) is 3.03. The molecule has 1 aliphatic rings. The average molecular weight is 425 g/mol. The summed E-state index contributed by atoms with van der Waals surface area (Å²) in [6, 6.07) is 7.41. The van der Waals surface area contributed by atoms with Gasteiger partial charge in [-0.05, 0) is 29.3 Å². The minimum atomic E-state index is -0.772. The number of aromatic nitrogens is 1. The van der Waals surface area contributed by atoms with Crippen LogP contribution >= 0.6 is 0 Å². The monoisotopic (exact) mass is 425 g/mol. The van der Waals surface area contributed by atoms with E-state index >= 15 is 0 Å². The lowest BCUT2D eigenvalue weighted by atomic mass is 9.96. The number of quaternary nitrogens is 1. The van der Waals surface area contributed by atoms with Gasteiger partial charge in [-0.2, -0.15) is 0 Å². The number of nitrogens with zero attached hydrogens (tertiary/aromatic N) is 2. The topological polar surface area (TPSA) is 96.2 Å². The van der Waals surface area contributed by atoms with Crippen molar-refractivity contribution < 1.29 is 29.1 Å². The van der Waals surface area contributed by atoms with Gasteiger partial charge in [-0.3, -0.25) is 14.6 Å². The van der Waals surface area contributed by atoms with Gasteiger partial charge in [-0.1, -0.05) is 17.9 Å². The molecule has 164 valence electrons. The van der Waals surface area contributed by atoms with Gasteiger partial charge in [0.15, 0.2) is 11.5 Å². The summed E-state index contributed by atoms with van der Waals surface area (Å²) in [6.07, 6.45) is 3.90. The van der Waals surface area contributed by atoms with Gasteiger partial charge < -0.3 is 24.4 Å². The van der Waals surface area contributed by atoms with E-state index in [1.54, 1.807) is 36.7 Å². The first kappa shape index (κ1) is 22.3. The number of hydrogen-bond donors (Lipinski definition) is 1. The molecule has 0 bridgehead atoms. The number of rotatable bonds is 8. The molecule has 1 aliphatic heterocycles. The number of carbonyl (C=O) groups is 2. The van der Waals surface area contributed by atoms with Crippen LogP contribution in [-0.4, -0.2) is 63.0 Å². The van der Waals surface area contributed by atoms with Gasteiger partial charge >= 0.3 is 0 Å². The van der Waals surface area contributed by atoms with Crippen molar-refractivity contribution in [3.8, 4) is 11.5 Å². The van der Waals surface area contributed by atoms with Gasteiger partial charge in [0.25, 0.3) is 5.91 Å². The maximum atomic E-state index is 13.4. The van der Waals surface area contributed by atoms with Crippen molar-refractivity contribution in [3.63, 3.8) is 0 Å². The van der Waals surface area contributed by atoms with Crippen molar-refractivity contribution in [3.05, 3.63) is 59.4 Å². The molecule has 0 radical (unpaired) electrons. The molecule has 1 fully saturated rings. The Balaban J connectivity index is 2.09. The van der Waals surface area contributed by atoms with Crippen LogP contribution in [0, 0.1) is 0 Å². The summed E-state index contributed by atoms with van der Waals surface area (Å²) in [4.78, 5) is 32.7. The number of Topliss-reactive ketones (excluding diaryl/α,β-unsaturated/α-hetero) is 1. The number of benzene rings is 1. The van der Waals surface area contributed by atoms with Crippen LogP contribution in [0.25, 0.3) is 5.76 Å². The molecule has 8 nitrogen and oxygen atoms in total. The van der Waals surface area contributed by atoms with E-state index in [2.05, 4.69) is 4.98 Å². The van der Waals surface area contributed by atoms with Gasteiger partial charge in [-0.15, -0.1) is 0 Å². The third-order valence-corrected chi connectivity index (χ3v) is 5.25.